The number of aromatic nitrogens is 1. The van der Waals surface area contributed by atoms with Crippen LogP contribution in [0.1, 0.15) is 0 Å². The minimum absolute atomic E-state index is 0.318. The van der Waals surface area contributed by atoms with Crippen LogP contribution < -0.4 is 14.7 Å². The first-order valence-corrected chi connectivity index (χ1v) is 11.7. The van der Waals surface area contributed by atoms with Crippen LogP contribution in [0.5, 0.6) is 0 Å². The summed E-state index contributed by atoms with van der Waals surface area (Å²) in [4.78, 5) is 22.4. The molecule has 0 spiro atoms. The first-order chi connectivity index (χ1) is 15.1. The highest BCUT2D eigenvalue weighted by molar-refractivity contribution is 7.97. The van der Waals surface area contributed by atoms with Gasteiger partial charge in [0, 0.05) is 38.6 Å². The average molecular weight is 462 g/mol. The number of amides is 1. The van der Waals surface area contributed by atoms with E-state index < -0.39 is 6.09 Å². The third-order valence-corrected chi connectivity index (χ3v) is 6.56. The first-order valence-electron chi connectivity index (χ1n) is 10.0. The van der Waals surface area contributed by atoms with Gasteiger partial charge in [0.05, 0.1) is 30.0 Å². The molecule has 0 unspecified atom stereocenters. The number of hydrogen-bond acceptors (Lipinski definition) is 7. The van der Waals surface area contributed by atoms with Gasteiger partial charge in [0.1, 0.15) is 17.7 Å². The molecule has 7 nitrogen and oxygen atoms in total. The van der Waals surface area contributed by atoms with Crippen LogP contribution >= 0.6 is 24.2 Å². The number of rotatable bonds is 7. The summed E-state index contributed by atoms with van der Waals surface area (Å²) in [6.07, 6.45) is 2.90. The number of thiocarbonyl (C=S) groups is 1. The number of pyridine rings is 1. The molecule has 31 heavy (non-hydrogen) atoms. The Balaban J connectivity index is 1.40. The lowest BCUT2D eigenvalue weighted by Crippen LogP contribution is -2.47. The normalized spacial score (nSPS) is 18.8. The number of anilines is 3. The Kier molecular flexibility index (Phi) is 6.77. The van der Waals surface area contributed by atoms with Gasteiger partial charge in [-0.1, -0.05) is 30.2 Å². The van der Waals surface area contributed by atoms with Crippen LogP contribution in [-0.2, 0) is 4.74 Å². The highest BCUT2D eigenvalue weighted by Gasteiger charge is 2.34. The summed E-state index contributed by atoms with van der Waals surface area (Å²) in [5, 5.41) is 0. The molecule has 0 aliphatic carbocycles. The van der Waals surface area contributed by atoms with E-state index in [1.165, 1.54) is 28.4 Å². The van der Waals surface area contributed by atoms with Gasteiger partial charge in [-0.25, -0.2) is 14.2 Å². The molecule has 2 saturated heterocycles. The molecule has 2 aliphatic heterocycles. The van der Waals surface area contributed by atoms with Crippen LogP contribution in [0.3, 0.4) is 0 Å². The Morgan fingerprint density at radius 1 is 1.26 bits per heavy atom. The van der Waals surface area contributed by atoms with Gasteiger partial charge in [-0.15, -0.1) is 0 Å². The zero-order valence-electron chi connectivity index (χ0n) is 17.2. The summed E-state index contributed by atoms with van der Waals surface area (Å²) in [6, 6.07) is 10.8. The second kappa shape index (κ2) is 9.69. The first kappa shape index (κ1) is 21.6. The fourth-order valence-corrected chi connectivity index (χ4v) is 4.57. The van der Waals surface area contributed by atoms with Crippen molar-refractivity contribution in [1.82, 2.24) is 9.29 Å². The summed E-state index contributed by atoms with van der Waals surface area (Å²) in [5.41, 5.74) is 2.57. The van der Waals surface area contributed by atoms with Gasteiger partial charge in [-0.3, -0.25) is 4.90 Å². The van der Waals surface area contributed by atoms with Gasteiger partial charge in [0.15, 0.2) is 0 Å². The van der Waals surface area contributed by atoms with E-state index in [4.69, 9.17) is 17.0 Å². The fourth-order valence-electron chi connectivity index (χ4n) is 3.83. The molecular formula is C21H24FN5O2S2. The molecule has 2 aliphatic rings. The lowest BCUT2D eigenvalue weighted by atomic mass is 10.2. The van der Waals surface area contributed by atoms with Gasteiger partial charge in [0.25, 0.3) is 0 Å². The van der Waals surface area contributed by atoms with Crippen LogP contribution in [0.25, 0.3) is 0 Å². The molecule has 1 aromatic heterocycles. The summed E-state index contributed by atoms with van der Waals surface area (Å²) in [5.74, 6) is 0.596. The number of nitrogens with zero attached hydrogens (tertiary/aromatic N) is 5. The van der Waals surface area contributed by atoms with Crippen LogP contribution in [0, 0.1) is 5.82 Å². The SMILES string of the molecule is CSN(C=S)C[C@H]1CN(c2ccc(N3CCN(c4ccccn4)CC3)c(F)c2)C(=O)O1. The number of hydrogen-bond donors (Lipinski definition) is 0. The smallest absolute Gasteiger partial charge is 0.414 e. The van der Waals surface area contributed by atoms with Gasteiger partial charge >= 0.3 is 6.09 Å². The van der Waals surface area contributed by atoms with Gasteiger partial charge in [-0.05, 0) is 30.3 Å². The van der Waals surface area contributed by atoms with E-state index in [0.29, 0.717) is 37.6 Å². The van der Waals surface area contributed by atoms with E-state index in [0.717, 1.165) is 18.9 Å². The molecule has 0 saturated carbocycles. The molecule has 3 heterocycles. The monoisotopic (exact) mass is 461 g/mol. The van der Waals surface area contributed by atoms with Crippen molar-refractivity contribution in [2.24, 2.45) is 0 Å². The maximum Gasteiger partial charge on any atom is 0.414 e. The van der Waals surface area contributed by atoms with Crippen molar-refractivity contribution >= 4 is 52.9 Å². The lowest BCUT2D eigenvalue weighted by molar-refractivity contribution is 0.137. The van der Waals surface area contributed by atoms with E-state index >= 15 is 0 Å². The van der Waals surface area contributed by atoms with Crippen molar-refractivity contribution in [3.8, 4) is 0 Å². The van der Waals surface area contributed by atoms with Crippen molar-refractivity contribution in [3.05, 3.63) is 48.4 Å². The molecule has 1 aromatic carbocycles. The third kappa shape index (κ3) is 4.85. The molecule has 2 aromatic rings. The molecule has 1 amide bonds. The maximum atomic E-state index is 15.0. The van der Waals surface area contributed by atoms with E-state index in [1.54, 1.807) is 18.3 Å². The Bertz CT molecular complexity index is 927. The van der Waals surface area contributed by atoms with Crippen molar-refractivity contribution in [3.63, 3.8) is 0 Å². The predicted molar refractivity (Wildman–Crippen MR) is 127 cm³/mol. The van der Waals surface area contributed by atoms with Crippen molar-refractivity contribution in [2.75, 3.05) is 60.2 Å². The molecule has 0 N–H and O–H groups in total. The number of carbonyl (C=O) groups is 1. The summed E-state index contributed by atoms with van der Waals surface area (Å²) >= 11 is 6.42. The van der Waals surface area contributed by atoms with Crippen molar-refractivity contribution < 1.29 is 13.9 Å². The highest BCUT2D eigenvalue weighted by atomic mass is 32.2. The van der Waals surface area contributed by atoms with Crippen LogP contribution in [0.2, 0.25) is 0 Å². The minimum atomic E-state index is -0.466. The number of cyclic esters (lactones) is 1. The topological polar surface area (TPSA) is 52.2 Å². The van der Waals surface area contributed by atoms with E-state index in [1.807, 2.05) is 33.7 Å². The van der Waals surface area contributed by atoms with E-state index in [9.17, 15) is 9.18 Å². The van der Waals surface area contributed by atoms with Gasteiger partial charge < -0.3 is 18.8 Å². The second-order valence-corrected chi connectivity index (χ2v) is 8.35. The van der Waals surface area contributed by atoms with Crippen molar-refractivity contribution in [2.45, 2.75) is 6.10 Å². The van der Waals surface area contributed by atoms with E-state index in [-0.39, 0.29) is 11.9 Å². The van der Waals surface area contributed by atoms with Crippen molar-refractivity contribution in [1.29, 1.82) is 0 Å². The Morgan fingerprint density at radius 3 is 2.68 bits per heavy atom. The summed E-state index contributed by atoms with van der Waals surface area (Å²) < 4.78 is 22.2. The standard InChI is InChI=1S/C21H24FN5O2S2/c1-31-26(15-30)13-17-14-27(21(28)29-17)16-5-6-19(18(22)12-16)24-8-10-25(11-9-24)20-4-2-3-7-23-20/h2-7,12,15,17H,8-11,13-14H2,1H3/t17-/m0/s1. The zero-order valence-corrected chi connectivity index (χ0v) is 18.8. The molecule has 4 rings (SSSR count). The largest absolute Gasteiger partial charge is 0.442 e. The molecule has 10 heteroatoms. The molecule has 2 fully saturated rings. The fraction of sp³-hybridized carbons (Fsp3) is 0.381. The van der Waals surface area contributed by atoms with Crippen LogP contribution in [0.15, 0.2) is 42.6 Å². The third-order valence-electron chi connectivity index (χ3n) is 5.45. The van der Waals surface area contributed by atoms with Gasteiger partial charge in [-0.2, -0.15) is 0 Å². The second-order valence-electron chi connectivity index (χ2n) is 7.30. The lowest BCUT2D eigenvalue weighted by Gasteiger charge is -2.37. The summed E-state index contributed by atoms with van der Waals surface area (Å²) in [6.45, 7) is 3.79. The minimum Gasteiger partial charge on any atom is -0.442 e. The molecule has 0 radical (unpaired) electrons. The Hall–Kier alpha value is -2.59. The van der Waals surface area contributed by atoms with Gasteiger partial charge in [0.2, 0.25) is 0 Å². The quantitative estimate of drug-likeness (QED) is 0.459. The molecule has 1 atom stereocenters. The maximum absolute atomic E-state index is 15.0. The highest BCUT2D eigenvalue weighted by Crippen LogP contribution is 2.29. The predicted octanol–water partition coefficient (Wildman–Crippen LogP) is 3.41. The Labute approximate surface area is 190 Å². The zero-order chi connectivity index (χ0) is 21.8. The van der Waals surface area contributed by atoms with Crippen LogP contribution in [-0.4, -0.2) is 72.5 Å². The van der Waals surface area contributed by atoms with Crippen LogP contribution in [0.4, 0.5) is 26.4 Å². The number of benzene rings is 1. The summed E-state index contributed by atoms with van der Waals surface area (Å²) in [7, 11) is 0. The van der Waals surface area contributed by atoms with E-state index in [2.05, 4.69) is 9.88 Å². The molecule has 0 bridgehead atoms. The number of ether oxygens (including phenoxy) is 1. The number of carbonyl (C=O) groups excluding carboxylic acids is 1. The number of piperazine rings is 1. The molecular weight excluding hydrogens is 437 g/mol. The Morgan fingerprint density at radius 2 is 2.03 bits per heavy atom. The molecule has 164 valence electrons. The number of halogens is 1. The average Bonchev–Trinajstić information content (AvgIpc) is 3.18.